The van der Waals surface area contributed by atoms with E-state index in [1.165, 1.54) is 28.6 Å². The van der Waals surface area contributed by atoms with Crippen LogP contribution in [0.5, 0.6) is 0 Å². The molecule has 6 nitrogen and oxygen atoms in total. The Balaban J connectivity index is 2.32. The van der Waals surface area contributed by atoms with Gasteiger partial charge in [-0.05, 0) is 24.3 Å². The number of hydrogen-bond donors (Lipinski definition) is 2. The predicted octanol–water partition coefficient (Wildman–Crippen LogP) is 0.0392. The minimum Gasteiger partial charge on any atom is -0.478 e. The molecule has 1 heterocycles. The van der Waals surface area contributed by atoms with Crippen LogP contribution in [0.1, 0.15) is 10.4 Å². The normalized spacial score (nSPS) is 18.6. The molecular weight excluding hydrogens is 232 g/mol. The van der Waals surface area contributed by atoms with Crippen LogP contribution in [0, 0.1) is 0 Å². The summed E-state index contributed by atoms with van der Waals surface area (Å²) in [5, 5.41) is 8.70. The fraction of sp³-hybridized carbons (Fsp3) is 0.222. The molecule has 0 atom stereocenters. The molecule has 0 spiro atoms. The quantitative estimate of drug-likeness (QED) is 0.766. The van der Waals surface area contributed by atoms with Gasteiger partial charge < -0.3 is 5.11 Å². The number of carboxylic acids is 1. The Morgan fingerprint density at radius 1 is 1.31 bits per heavy atom. The molecule has 86 valence electrons. The zero-order valence-electron chi connectivity index (χ0n) is 8.25. The van der Waals surface area contributed by atoms with E-state index in [1.807, 2.05) is 0 Å². The van der Waals surface area contributed by atoms with Gasteiger partial charge >= 0.3 is 16.2 Å². The van der Waals surface area contributed by atoms with E-state index in [0.29, 0.717) is 18.8 Å². The summed E-state index contributed by atoms with van der Waals surface area (Å²) in [6.07, 6.45) is 0. The Morgan fingerprint density at radius 3 is 2.38 bits per heavy atom. The standard InChI is InChI=1S/C9H10N2O4S/c12-9(13)7-1-3-8(4-2-7)11-6-5-10-16(11,14)15/h1-4,10H,5-6H2,(H,12,13). The second-order valence-electron chi connectivity index (χ2n) is 3.32. The molecule has 0 radical (unpaired) electrons. The molecule has 7 heteroatoms. The van der Waals surface area contributed by atoms with E-state index in [0.717, 1.165) is 0 Å². The number of carboxylic acid groups (broad SMARTS) is 1. The summed E-state index contributed by atoms with van der Waals surface area (Å²) in [5.74, 6) is -1.03. The number of hydrogen-bond acceptors (Lipinski definition) is 3. The molecule has 2 N–H and O–H groups in total. The van der Waals surface area contributed by atoms with Crippen molar-refractivity contribution in [3.63, 3.8) is 0 Å². The Hall–Kier alpha value is -1.60. The molecule has 0 amide bonds. The highest BCUT2D eigenvalue weighted by Crippen LogP contribution is 2.20. The van der Waals surface area contributed by atoms with Crippen LogP contribution in [0.25, 0.3) is 0 Å². The average molecular weight is 242 g/mol. The predicted molar refractivity (Wildman–Crippen MR) is 57.7 cm³/mol. The summed E-state index contributed by atoms with van der Waals surface area (Å²) in [4.78, 5) is 10.6. The van der Waals surface area contributed by atoms with E-state index in [9.17, 15) is 13.2 Å². The lowest BCUT2D eigenvalue weighted by molar-refractivity contribution is 0.0697. The smallest absolute Gasteiger partial charge is 0.335 e. The highest BCUT2D eigenvalue weighted by atomic mass is 32.2. The van der Waals surface area contributed by atoms with Crippen molar-refractivity contribution in [1.29, 1.82) is 0 Å². The molecule has 0 unspecified atom stereocenters. The van der Waals surface area contributed by atoms with Gasteiger partial charge in [0, 0.05) is 13.1 Å². The van der Waals surface area contributed by atoms with Crippen LogP contribution in [0.4, 0.5) is 5.69 Å². The first-order valence-corrected chi connectivity index (χ1v) is 6.05. The highest BCUT2D eigenvalue weighted by Gasteiger charge is 2.27. The van der Waals surface area contributed by atoms with E-state index in [1.54, 1.807) is 0 Å². The Kier molecular flexibility index (Phi) is 2.56. The van der Waals surface area contributed by atoms with E-state index in [-0.39, 0.29) is 5.56 Å². The van der Waals surface area contributed by atoms with E-state index in [2.05, 4.69) is 4.72 Å². The Labute approximate surface area is 92.7 Å². The first kappa shape index (κ1) is 10.9. The number of benzene rings is 1. The van der Waals surface area contributed by atoms with E-state index < -0.39 is 16.2 Å². The third-order valence-corrected chi connectivity index (χ3v) is 3.83. The first-order valence-electron chi connectivity index (χ1n) is 4.61. The van der Waals surface area contributed by atoms with Crippen LogP contribution in [0.15, 0.2) is 24.3 Å². The largest absolute Gasteiger partial charge is 0.478 e. The molecule has 0 saturated carbocycles. The maximum Gasteiger partial charge on any atom is 0.335 e. The van der Waals surface area contributed by atoms with Crippen LogP contribution in [0.2, 0.25) is 0 Å². The first-order chi connectivity index (χ1) is 7.50. The molecule has 0 bridgehead atoms. The van der Waals surface area contributed by atoms with Gasteiger partial charge in [-0.1, -0.05) is 0 Å². The third-order valence-electron chi connectivity index (χ3n) is 2.29. The van der Waals surface area contributed by atoms with Crippen LogP contribution in [0.3, 0.4) is 0 Å². The van der Waals surface area contributed by atoms with Crippen molar-refractivity contribution in [2.45, 2.75) is 0 Å². The van der Waals surface area contributed by atoms with E-state index >= 15 is 0 Å². The van der Waals surface area contributed by atoms with Gasteiger partial charge in [-0.25, -0.2) is 4.79 Å². The Morgan fingerprint density at radius 2 is 1.94 bits per heavy atom. The number of aromatic carboxylic acids is 1. The van der Waals surface area contributed by atoms with Crippen LogP contribution in [-0.2, 0) is 10.2 Å². The van der Waals surface area contributed by atoms with Crippen molar-refractivity contribution in [3.8, 4) is 0 Å². The summed E-state index contributed by atoms with van der Waals surface area (Å²) in [6.45, 7) is 0.720. The lowest BCUT2D eigenvalue weighted by atomic mass is 10.2. The number of anilines is 1. The molecule has 0 aliphatic carbocycles. The van der Waals surface area contributed by atoms with Gasteiger partial charge in [0.2, 0.25) is 0 Å². The molecule has 2 rings (SSSR count). The van der Waals surface area contributed by atoms with Crippen molar-refractivity contribution in [2.24, 2.45) is 0 Å². The van der Waals surface area contributed by atoms with Gasteiger partial charge in [0.05, 0.1) is 11.3 Å². The van der Waals surface area contributed by atoms with Crippen molar-refractivity contribution in [2.75, 3.05) is 17.4 Å². The highest BCUT2D eigenvalue weighted by molar-refractivity contribution is 7.91. The lowest BCUT2D eigenvalue weighted by Crippen LogP contribution is -2.29. The number of rotatable bonds is 2. The van der Waals surface area contributed by atoms with Crippen LogP contribution < -0.4 is 9.03 Å². The zero-order valence-corrected chi connectivity index (χ0v) is 9.07. The van der Waals surface area contributed by atoms with Gasteiger partial charge in [0.15, 0.2) is 0 Å². The van der Waals surface area contributed by atoms with Gasteiger partial charge in [0.25, 0.3) is 0 Å². The van der Waals surface area contributed by atoms with Crippen molar-refractivity contribution >= 4 is 21.9 Å². The molecular formula is C9H10N2O4S. The maximum absolute atomic E-state index is 11.5. The summed E-state index contributed by atoms with van der Waals surface area (Å²) in [6, 6.07) is 5.72. The summed E-state index contributed by atoms with van der Waals surface area (Å²) in [7, 11) is -3.44. The summed E-state index contributed by atoms with van der Waals surface area (Å²) in [5.41, 5.74) is 0.600. The van der Waals surface area contributed by atoms with Crippen LogP contribution in [-0.4, -0.2) is 32.6 Å². The van der Waals surface area contributed by atoms with Crippen LogP contribution >= 0.6 is 0 Å². The van der Waals surface area contributed by atoms with Crippen molar-refractivity contribution in [3.05, 3.63) is 29.8 Å². The van der Waals surface area contributed by atoms with Crippen molar-refractivity contribution in [1.82, 2.24) is 4.72 Å². The molecule has 1 aromatic rings. The number of nitrogens with one attached hydrogen (secondary N) is 1. The molecule has 1 saturated heterocycles. The third kappa shape index (κ3) is 1.86. The second-order valence-corrected chi connectivity index (χ2v) is 5.00. The minimum atomic E-state index is -3.44. The maximum atomic E-state index is 11.5. The lowest BCUT2D eigenvalue weighted by Gasteiger charge is -2.15. The SMILES string of the molecule is O=C(O)c1ccc(N2CCNS2(=O)=O)cc1. The second kappa shape index (κ2) is 3.76. The topological polar surface area (TPSA) is 86.7 Å². The monoisotopic (exact) mass is 242 g/mol. The summed E-state index contributed by atoms with van der Waals surface area (Å²) >= 11 is 0. The average Bonchev–Trinajstić information content (AvgIpc) is 2.58. The van der Waals surface area contributed by atoms with Gasteiger partial charge in [-0.15, -0.1) is 0 Å². The minimum absolute atomic E-state index is 0.133. The van der Waals surface area contributed by atoms with Gasteiger partial charge in [0.1, 0.15) is 0 Å². The number of carbonyl (C=O) groups is 1. The van der Waals surface area contributed by atoms with E-state index in [4.69, 9.17) is 5.11 Å². The Bertz CT molecular complexity index is 509. The summed E-state index contributed by atoms with van der Waals surface area (Å²) < 4.78 is 26.5. The zero-order chi connectivity index (χ0) is 11.8. The van der Waals surface area contributed by atoms with Crippen molar-refractivity contribution < 1.29 is 18.3 Å². The molecule has 1 aliphatic rings. The molecule has 1 aliphatic heterocycles. The molecule has 1 aromatic carbocycles. The van der Waals surface area contributed by atoms with Gasteiger partial charge in [-0.2, -0.15) is 13.1 Å². The van der Waals surface area contributed by atoms with Gasteiger partial charge in [-0.3, -0.25) is 4.31 Å². The fourth-order valence-electron chi connectivity index (χ4n) is 1.51. The molecule has 0 aromatic heterocycles. The fourth-order valence-corrected chi connectivity index (χ4v) is 2.75. The molecule has 16 heavy (non-hydrogen) atoms. The number of nitrogens with zero attached hydrogens (tertiary/aromatic N) is 1. The molecule has 1 fully saturated rings.